The van der Waals surface area contributed by atoms with Crippen molar-refractivity contribution in [1.82, 2.24) is 9.80 Å². The van der Waals surface area contributed by atoms with Gasteiger partial charge in [-0.3, -0.25) is 9.69 Å². The Morgan fingerprint density at radius 3 is 2.46 bits per heavy atom. The summed E-state index contributed by atoms with van der Waals surface area (Å²) in [6.07, 6.45) is 1.03. The molecule has 2 aliphatic rings. The van der Waals surface area contributed by atoms with Gasteiger partial charge < -0.3 is 4.90 Å². The average molecular weight is 413 g/mol. The van der Waals surface area contributed by atoms with E-state index in [1.807, 2.05) is 40.6 Å². The molecule has 0 radical (unpaired) electrons. The molecule has 28 heavy (non-hydrogen) atoms. The molecule has 3 nitrogen and oxygen atoms in total. The molecule has 2 saturated heterocycles. The fourth-order valence-corrected chi connectivity index (χ4v) is 6.74. The van der Waals surface area contributed by atoms with Crippen molar-refractivity contribution >= 4 is 29.4 Å². The molecule has 0 aromatic heterocycles. The number of aryl methyl sites for hydroxylation is 1. The summed E-state index contributed by atoms with van der Waals surface area (Å²) < 4.78 is 0.539. The molecule has 2 aromatic rings. The van der Waals surface area contributed by atoms with Crippen LogP contribution >= 0.6 is 23.5 Å². The van der Waals surface area contributed by atoms with Crippen molar-refractivity contribution in [1.29, 1.82) is 0 Å². The van der Waals surface area contributed by atoms with Gasteiger partial charge >= 0.3 is 0 Å². The van der Waals surface area contributed by atoms with E-state index in [0.717, 1.165) is 44.7 Å². The minimum atomic E-state index is 0.177. The molecule has 2 aromatic carbocycles. The van der Waals surface area contributed by atoms with Crippen molar-refractivity contribution in [3.63, 3.8) is 0 Å². The summed E-state index contributed by atoms with van der Waals surface area (Å²) in [5.41, 5.74) is 4.90. The zero-order valence-electron chi connectivity index (χ0n) is 16.5. The minimum absolute atomic E-state index is 0.177. The first-order valence-corrected chi connectivity index (χ1v) is 12.2. The standard InChI is InChI=1S/C23H28N2OS2/c1-18-5-2-3-6-21(18)17-24-11-4-12-25(14-13-24)22(26)19-7-9-20(10-8-19)23-27-15-16-28-23/h2-3,5-10,23H,4,11-17H2,1H3. The molecule has 5 heteroatoms. The fraction of sp³-hybridized carbons (Fsp3) is 0.435. The Morgan fingerprint density at radius 1 is 0.964 bits per heavy atom. The number of hydrogen-bond acceptors (Lipinski definition) is 4. The van der Waals surface area contributed by atoms with Gasteiger partial charge in [-0.05, 0) is 42.2 Å². The maximum Gasteiger partial charge on any atom is 0.253 e. The van der Waals surface area contributed by atoms with Gasteiger partial charge in [0.25, 0.3) is 5.91 Å². The monoisotopic (exact) mass is 412 g/mol. The van der Waals surface area contributed by atoms with E-state index in [4.69, 9.17) is 0 Å². The predicted octanol–water partition coefficient (Wildman–Crippen LogP) is 4.82. The maximum absolute atomic E-state index is 13.0. The Hall–Kier alpha value is -1.43. The molecule has 0 aliphatic carbocycles. The Morgan fingerprint density at radius 2 is 1.71 bits per heavy atom. The van der Waals surface area contributed by atoms with Gasteiger partial charge in [0.15, 0.2) is 0 Å². The third-order valence-corrected chi connectivity index (χ3v) is 8.69. The zero-order valence-corrected chi connectivity index (χ0v) is 18.1. The summed E-state index contributed by atoms with van der Waals surface area (Å²) in [6.45, 7) is 6.79. The van der Waals surface area contributed by atoms with Gasteiger partial charge in [-0.2, -0.15) is 0 Å². The predicted molar refractivity (Wildman–Crippen MR) is 121 cm³/mol. The molecule has 2 heterocycles. The van der Waals surface area contributed by atoms with E-state index in [1.54, 1.807) is 0 Å². The van der Waals surface area contributed by atoms with Gasteiger partial charge in [-0.1, -0.05) is 36.4 Å². The van der Waals surface area contributed by atoms with Crippen LogP contribution in [0.2, 0.25) is 0 Å². The van der Waals surface area contributed by atoms with Crippen LogP contribution in [0, 0.1) is 6.92 Å². The number of carbonyl (C=O) groups excluding carboxylic acids is 1. The Balaban J connectivity index is 1.35. The van der Waals surface area contributed by atoms with Crippen molar-refractivity contribution in [2.45, 2.75) is 24.5 Å². The van der Waals surface area contributed by atoms with Gasteiger partial charge in [0.1, 0.15) is 0 Å². The van der Waals surface area contributed by atoms with Crippen LogP contribution in [0.15, 0.2) is 48.5 Å². The van der Waals surface area contributed by atoms with Crippen LogP contribution in [-0.4, -0.2) is 53.4 Å². The highest BCUT2D eigenvalue weighted by Gasteiger charge is 2.22. The molecule has 1 amide bonds. The topological polar surface area (TPSA) is 23.6 Å². The van der Waals surface area contributed by atoms with E-state index >= 15 is 0 Å². The largest absolute Gasteiger partial charge is 0.337 e. The molecule has 0 bridgehead atoms. The van der Waals surface area contributed by atoms with E-state index < -0.39 is 0 Å². The van der Waals surface area contributed by atoms with E-state index in [1.165, 1.54) is 28.2 Å². The smallest absolute Gasteiger partial charge is 0.253 e. The van der Waals surface area contributed by atoms with E-state index in [9.17, 15) is 4.79 Å². The van der Waals surface area contributed by atoms with Crippen molar-refractivity contribution in [2.24, 2.45) is 0 Å². The molecule has 0 saturated carbocycles. The van der Waals surface area contributed by atoms with Crippen molar-refractivity contribution in [3.8, 4) is 0 Å². The normalized spacial score (nSPS) is 19.0. The lowest BCUT2D eigenvalue weighted by atomic mass is 10.1. The van der Waals surface area contributed by atoms with Crippen LogP contribution in [-0.2, 0) is 6.54 Å². The Kier molecular flexibility index (Phi) is 6.65. The Labute approximate surface area is 176 Å². The molecular weight excluding hydrogens is 384 g/mol. The number of carbonyl (C=O) groups is 1. The third-order valence-electron chi connectivity index (χ3n) is 5.58. The molecule has 0 N–H and O–H groups in total. The average Bonchev–Trinajstić information content (AvgIpc) is 3.16. The SMILES string of the molecule is Cc1ccccc1CN1CCCN(C(=O)c2ccc(C3SCCS3)cc2)CC1. The first kappa shape index (κ1) is 19.9. The van der Waals surface area contributed by atoms with Gasteiger partial charge in [0, 0.05) is 49.8 Å². The second-order valence-corrected chi connectivity index (χ2v) is 10.3. The summed E-state index contributed by atoms with van der Waals surface area (Å²) >= 11 is 4.01. The molecule has 148 valence electrons. The number of benzene rings is 2. The van der Waals surface area contributed by atoms with Gasteiger partial charge in [0.2, 0.25) is 0 Å². The van der Waals surface area contributed by atoms with Crippen LogP contribution in [0.25, 0.3) is 0 Å². The molecule has 0 atom stereocenters. The van der Waals surface area contributed by atoms with E-state index in [0.29, 0.717) is 4.58 Å². The van der Waals surface area contributed by atoms with Crippen LogP contribution in [0.4, 0.5) is 0 Å². The zero-order chi connectivity index (χ0) is 19.3. The lowest BCUT2D eigenvalue weighted by Crippen LogP contribution is -2.35. The fourth-order valence-electron chi connectivity index (χ4n) is 3.88. The maximum atomic E-state index is 13.0. The van der Waals surface area contributed by atoms with Gasteiger partial charge in [-0.25, -0.2) is 0 Å². The number of hydrogen-bond donors (Lipinski definition) is 0. The summed E-state index contributed by atoms with van der Waals surface area (Å²) in [4.78, 5) is 17.5. The second kappa shape index (κ2) is 9.38. The highest BCUT2D eigenvalue weighted by Crippen LogP contribution is 2.45. The number of amides is 1. The third kappa shape index (κ3) is 4.76. The first-order valence-electron chi connectivity index (χ1n) is 10.1. The minimum Gasteiger partial charge on any atom is -0.337 e. The first-order chi connectivity index (χ1) is 13.7. The highest BCUT2D eigenvalue weighted by atomic mass is 32.2. The molecule has 2 aliphatic heterocycles. The van der Waals surface area contributed by atoms with Crippen LogP contribution in [0.5, 0.6) is 0 Å². The quantitative estimate of drug-likeness (QED) is 0.718. The second-order valence-electron chi connectivity index (χ2n) is 7.54. The van der Waals surface area contributed by atoms with Crippen molar-refractivity contribution in [2.75, 3.05) is 37.7 Å². The lowest BCUT2D eigenvalue weighted by molar-refractivity contribution is 0.0761. The lowest BCUT2D eigenvalue weighted by Gasteiger charge is -2.23. The molecule has 4 rings (SSSR count). The van der Waals surface area contributed by atoms with Gasteiger partial charge in [-0.15, -0.1) is 23.5 Å². The Bertz CT molecular complexity index is 803. The summed E-state index contributed by atoms with van der Waals surface area (Å²) in [6, 6.07) is 16.9. The summed E-state index contributed by atoms with van der Waals surface area (Å²) in [5.74, 6) is 2.63. The van der Waals surface area contributed by atoms with E-state index in [-0.39, 0.29) is 5.91 Å². The number of nitrogens with zero attached hydrogens (tertiary/aromatic N) is 2. The molecular formula is C23H28N2OS2. The van der Waals surface area contributed by atoms with Crippen molar-refractivity contribution in [3.05, 3.63) is 70.8 Å². The molecule has 0 spiro atoms. The molecule has 2 fully saturated rings. The highest BCUT2D eigenvalue weighted by molar-refractivity contribution is 8.19. The molecule has 0 unspecified atom stereocenters. The number of thioether (sulfide) groups is 2. The van der Waals surface area contributed by atoms with Crippen LogP contribution in [0.1, 0.15) is 38.1 Å². The van der Waals surface area contributed by atoms with Crippen LogP contribution in [0.3, 0.4) is 0 Å². The number of rotatable bonds is 4. The van der Waals surface area contributed by atoms with Crippen LogP contribution < -0.4 is 0 Å². The van der Waals surface area contributed by atoms with Gasteiger partial charge in [0.05, 0.1) is 4.58 Å². The summed E-state index contributed by atoms with van der Waals surface area (Å²) in [7, 11) is 0. The summed E-state index contributed by atoms with van der Waals surface area (Å²) in [5, 5.41) is 0. The van der Waals surface area contributed by atoms with E-state index in [2.05, 4.69) is 48.2 Å². The van der Waals surface area contributed by atoms with Crippen molar-refractivity contribution < 1.29 is 4.79 Å².